The van der Waals surface area contributed by atoms with Gasteiger partial charge in [0.1, 0.15) is 0 Å². The number of nitrogens with one attached hydrogen (secondary N) is 1. The molecule has 2 aliphatic heterocycles. The molecule has 2 heterocycles. The van der Waals surface area contributed by atoms with Crippen LogP contribution in [0.3, 0.4) is 0 Å². The summed E-state index contributed by atoms with van der Waals surface area (Å²) in [6.45, 7) is 7.06. The van der Waals surface area contributed by atoms with Crippen LogP contribution in [-0.2, 0) is 9.53 Å². The molecule has 8 nitrogen and oxygen atoms in total. The van der Waals surface area contributed by atoms with E-state index in [1.54, 1.807) is 18.2 Å². The van der Waals surface area contributed by atoms with Crippen molar-refractivity contribution in [2.45, 2.75) is 26.1 Å². The van der Waals surface area contributed by atoms with E-state index in [1.807, 2.05) is 25.8 Å². The number of nitrogens with zero attached hydrogens (tertiary/aromatic N) is 2. The molecule has 0 radical (unpaired) electrons. The van der Waals surface area contributed by atoms with Gasteiger partial charge in [-0.3, -0.25) is 19.4 Å². The quantitative estimate of drug-likeness (QED) is 0.554. The van der Waals surface area contributed by atoms with Crippen molar-refractivity contribution in [2.24, 2.45) is 0 Å². The molecule has 0 spiro atoms. The Balaban J connectivity index is 1.54. The van der Waals surface area contributed by atoms with Gasteiger partial charge >= 0.3 is 0 Å². The van der Waals surface area contributed by atoms with Crippen LogP contribution in [0.25, 0.3) is 0 Å². The molecule has 8 heteroatoms. The zero-order chi connectivity index (χ0) is 19.4. The highest BCUT2D eigenvalue weighted by Gasteiger charge is 2.26. The number of rotatable bonds is 7. The third-order valence-corrected chi connectivity index (χ3v) is 5.10. The molecule has 3 rings (SSSR count). The standard InChI is InChI=1S/C19H27N3O5/c1-13(19(24)15-4-5-16-17(10-15)27-12-26-16)21(3)14(2)20-18(23)11-22-6-8-25-9-7-22/h4-5,10,13-14H,6-9,11-12H2,1-3H3,(H,20,23). The van der Waals surface area contributed by atoms with Crippen LogP contribution in [0.2, 0.25) is 0 Å². The van der Waals surface area contributed by atoms with Gasteiger partial charge in [0.2, 0.25) is 12.7 Å². The number of Topliss-reactive ketones (excluding diaryl/α,β-unsaturated/α-hetero) is 1. The van der Waals surface area contributed by atoms with Crippen molar-refractivity contribution in [3.63, 3.8) is 0 Å². The minimum Gasteiger partial charge on any atom is -0.454 e. The highest BCUT2D eigenvalue weighted by atomic mass is 16.7. The molecule has 2 unspecified atom stereocenters. The van der Waals surface area contributed by atoms with Gasteiger partial charge < -0.3 is 19.5 Å². The van der Waals surface area contributed by atoms with Gasteiger partial charge in [-0.2, -0.15) is 0 Å². The average molecular weight is 377 g/mol. The fourth-order valence-electron chi connectivity index (χ4n) is 3.15. The number of carbonyl (C=O) groups excluding carboxylic acids is 2. The van der Waals surface area contributed by atoms with E-state index in [0.29, 0.717) is 36.8 Å². The van der Waals surface area contributed by atoms with Gasteiger partial charge in [0.25, 0.3) is 0 Å². The molecule has 2 atom stereocenters. The van der Waals surface area contributed by atoms with Crippen molar-refractivity contribution in [2.75, 3.05) is 46.7 Å². The lowest BCUT2D eigenvalue weighted by molar-refractivity contribution is -0.125. The summed E-state index contributed by atoms with van der Waals surface area (Å²) >= 11 is 0. The third-order valence-electron chi connectivity index (χ3n) is 5.10. The summed E-state index contributed by atoms with van der Waals surface area (Å²) < 4.78 is 15.9. The van der Waals surface area contributed by atoms with E-state index in [-0.39, 0.29) is 24.6 Å². The van der Waals surface area contributed by atoms with Gasteiger partial charge in [-0.25, -0.2) is 0 Å². The molecule has 2 aliphatic rings. The number of hydrogen-bond donors (Lipinski definition) is 1. The molecule has 1 aromatic carbocycles. The Hall–Kier alpha value is -2.16. The van der Waals surface area contributed by atoms with E-state index in [4.69, 9.17) is 14.2 Å². The van der Waals surface area contributed by atoms with E-state index in [2.05, 4.69) is 10.2 Å². The SMILES string of the molecule is CC(NC(=O)CN1CCOCC1)N(C)C(C)C(=O)c1ccc2c(c1)OCO2. The second-order valence-electron chi connectivity index (χ2n) is 6.91. The first kappa shape index (κ1) is 19.6. The van der Waals surface area contributed by atoms with Crippen LogP contribution in [0.15, 0.2) is 18.2 Å². The smallest absolute Gasteiger partial charge is 0.235 e. The van der Waals surface area contributed by atoms with E-state index in [0.717, 1.165) is 13.1 Å². The Morgan fingerprint density at radius 2 is 1.89 bits per heavy atom. The summed E-state index contributed by atoms with van der Waals surface area (Å²) in [5.74, 6) is 1.14. The molecule has 0 bridgehead atoms. The molecular formula is C19H27N3O5. The van der Waals surface area contributed by atoms with Gasteiger partial charge in [-0.05, 0) is 39.1 Å². The second-order valence-corrected chi connectivity index (χ2v) is 6.91. The van der Waals surface area contributed by atoms with Crippen LogP contribution in [0.4, 0.5) is 0 Å². The van der Waals surface area contributed by atoms with Crippen molar-refractivity contribution < 1.29 is 23.8 Å². The van der Waals surface area contributed by atoms with Crippen LogP contribution in [-0.4, -0.2) is 80.4 Å². The molecule has 148 valence electrons. The fourth-order valence-corrected chi connectivity index (χ4v) is 3.15. The lowest BCUT2D eigenvalue weighted by Crippen LogP contribution is -2.53. The van der Waals surface area contributed by atoms with E-state index >= 15 is 0 Å². The number of amides is 1. The van der Waals surface area contributed by atoms with Crippen molar-refractivity contribution >= 4 is 11.7 Å². The Morgan fingerprint density at radius 3 is 2.63 bits per heavy atom. The first-order valence-corrected chi connectivity index (χ1v) is 9.21. The van der Waals surface area contributed by atoms with Crippen molar-refractivity contribution in [1.82, 2.24) is 15.1 Å². The van der Waals surface area contributed by atoms with Crippen molar-refractivity contribution in [1.29, 1.82) is 0 Å². The van der Waals surface area contributed by atoms with Crippen LogP contribution in [0.5, 0.6) is 11.5 Å². The van der Waals surface area contributed by atoms with Crippen LogP contribution in [0, 0.1) is 0 Å². The minimum absolute atomic E-state index is 0.0370. The van der Waals surface area contributed by atoms with Gasteiger partial charge in [0.15, 0.2) is 17.3 Å². The second kappa shape index (κ2) is 8.69. The molecule has 0 aliphatic carbocycles. The average Bonchev–Trinajstić information content (AvgIpc) is 3.14. The van der Waals surface area contributed by atoms with Crippen LogP contribution < -0.4 is 14.8 Å². The summed E-state index contributed by atoms with van der Waals surface area (Å²) in [5.41, 5.74) is 0.561. The highest BCUT2D eigenvalue weighted by molar-refractivity contribution is 6.00. The van der Waals surface area contributed by atoms with Crippen molar-refractivity contribution in [3.8, 4) is 11.5 Å². The summed E-state index contributed by atoms with van der Waals surface area (Å²) in [7, 11) is 1.83. The predicted molar refractivity (Wildman–Crippen MR) is 99.0 cm³/mol. The van der Waals surface area contributed by atoms with Gasteiger partial charge in [-0.1, -0.05) is 0 Å². The summed E-state index contributed by atoms with van der Waals surface area (Å²) in [5, 5.41) is 2.96. The molecule has 1 amide bonds. The number of benzene rings is 1. The lowest BCUT2D eigenvalue weighted by atomic mass is 10.0. The first-order chi connectivity index (χ1) is 13.0. The Bertz CT molecular complexity index is 690. The van der Waals surface area contributed by atoms with Crippen LogP contribution >= 0.6 is 0 Å². The predicted octanol–water partition coefficient (Wildman–Crippen LogP) is 0.713. The number of morpholine rings is 1. The molecule has 1 N–H and O–H groups in total. The maximum atomic E-state index is 12.8. The summed E-state index contributed by atoms with van der Waals surface area (Å²) in [6.07, 6.45) is -0.272. The number of ketones is 1. The fraction of sp³-hybridized carbons (Fsp3) is 0.579. The lowest BCUT2D eigenvalue weighted by Gasteiger charge is -2.32. The zero-order valence-electron chi connectivity index (χ0n) is 16.1. The molecular weight excluding hydrogens is 350 g/mol. The number of hydrogen-bond acceptors (Lipinski definition) is 7. The number of fused-ring (bicyclic) bond motifs is 1. The zero-order valence-corrected chi connectivity index (χ0v) is 16.1. The van der Waals surface area contributed by atoms with Gasteiger partial charge in [0, 0.05) is 18.7 Å². The number of ether oxygens (including phenoxy) is 3. The van der Waals surface area contributed by atoms with E-state index in [9.17, 15) is 9.59 Å². The Morgan fingerprint density at radius 1 is 1.19 bits per heavy atom. The molecule has 0 saturated carbocycles. The monoisotopic (exact) mass is 377 g/mol. The third kappa shape index (κ3) is 4.77. The minimum atomic E-state index is -0.399. The normalized spacial score (nSPS) is 19.0. The highest BCUT2D eigenvalue weighted by Crippen LogP contribution is 2.33. The summed E-state index contributed by atoms with van der Waals surface area (Å²) in [4.78, 5) is 29.0. The molecule has 0 aromatic heterocycles. The molecule has 1 saturated heterocycles. The van der Waals surface area contributed by atoms with Gasteiger partial charge in [-0.15, -0.1) is 0 Å². The van der Waals surface area contributed by atoms with Gasteiger partial charge in [0.05, 0.1) is 32.0 Å². The number of likely N-dealkylation sites (N-methyl/N-ethyl adjacent to an activating group) is 1. The van der Waals surface area contributed by atoms with Crippen molar-refractivity contribution in [3.05, 3.63) is 23.8 Å². The largest absolute Gasteiger partial charge is 0.454 e. The topological polar surface area (TPSA) is 80.3 Å². The first-order valence-electron chi connectivity index (χ1n) is 9.21. The van der Waals surface area contributed by atoms with E-state index in [1.165, 1.54) is 0 Å². The van der Waals surface area contributed by atoms with E-state index < -0.39 is 6.04 Å². The Kier molecular flexibility index (Phi) is 6.30. The maximum Gasteiger partial charge on any atom is 0.235 e. The molecule has 1 aromatic rings. The summed E-state index contributed by atoms with van der Waals surface area (Å²) in [6, 6.07) is 4.79. The van der Waals surface area contributed by atoms with Crippen LogP contribution in [0.1, 0.15) is 24.2 Å². The maximum absolute atomic E-state index is 12.8. The Labute approximate surface area is 159 Å². The molecule has 27 heavy (non-hydrogen) atoms. The molecule has 1 fully saturated rings. The number of carbonyl (C=O) groups is 2.